The fourth-order valence-corrected chi connectivity index (χ4v) is 3.57. The first-order valence-electron chi connectivity index (χ1n) is 8.64. The Kier molecular flexibility index (Phi) is 4.41. The summed E-state index contributed by atoms with van der Waals surface area (Å²) in [4.78, 5) is 0. The van der Waals surface area contributed by atoms with Crippen molar-refractivity contribution in [1.82, 2.24) is 0 Å². The van der Waals surface area contributed by atoms with Crippen molar-refractivity contribution in [1.29, 1.82) is 0 Å². The Morgan fingerprint density at radius 1 is 0.615 bits per heavy atom. The fourth-order valence-electron chi connectivity index (χ4n) is 3.57. The first-order valence-corrected chi connectivity index (χ1v) is 8.64. The van der Waals surface area contributed by atoms with E-state index in [-0.39, 0.29) is 11.5 Å². The minimum atomic E-state index is -0.555. The Bertz CT molecular complexity index is 855. The molecule has 134 valence electrons. The van der Waals surface area contributed by atoms with Gasteiger partial charge >= 0.3 is 0 Å². The minimum Gasteiger partial charge on any atom is -0.507 e. The van der Waals surface area contributed by atoms with Gasteiger partial charge in [-0.1, -0.05) is 48.5 Å². The van der Waals surface area contributed by atoms with Gasteiger partial charge in [0.05, 0.1) is 0 Å². The molecule has 0 saturated heterocycles. The SMILES string of the molecule is Cc1cc(C(C)(c2ccccc2)c2cc(C)c(O)c(O)c2)cc(C)c1O. The molecule has 0 saturated carbocycles. The topological polar surface area (TPSA) is 60.7 Å². The lowest BCUT2D eigenvalue weighted by Crippen LogP contribution is -2.25. The molecule has 0 heterocycles. The van der Waals surface area contributed by atoms with E-state index in [0.717, 1.165) is 27.8 Å². The van der Waals surface area contributed by atoms with Crippen molar-refractivity contribution in [2.75, 3.05) is 0 Å². The van der Waals surface area contributed by atoms with E-state index in [1.54, 1.807) is 13.0 Å². The van der Waals surface area contributed by atoms with Crippen LogP contribution in [0, 0.1) is 20.8 Å². The van der Waals surface area contributed by atoms with Crippen molar-refractivity contribution in [2.45, 2.75) is 33.1 Å². The molecule has 0 aromatic heterocycles. The lowest BCUT2D eigenvalue weighted by atomic mass is 9.70. The number of phenols is 3. The molecule has 3 aromatic rings. The summed E-state index contributed by atoms with van der Waals surface area (Å²) in [6.45, 7) is 7.64. The van der Waals surface area contributed by atoms with Gasteiger partial charge in [-0.3, -0.25) is 0 Å². The molecule has 0 amide bonds. The van der Waals surface area contributed by atoms with Gasteiger partial charge in [-0.2, -0.15) is 0 Å². The summed E-state index contributed by atoms with van der Waals surface area (Å²) < 4.78 is 0. The molecule has 3 nitrogen and oxygen atoms in total. The second-order valence-electron chi connectivity index (χ2n) is 7.11. The summed E-state index contributed by atoms with van der Waals surface area (Å²) in [7, 11) is 0. The zero-order valence-electron chi connectivity index (χ0n) is 15.5. The number of hydrogen-bond donors (Lipinski definition) is 3. The number of rotatable bonds is 3. The smallest absolute Gasteiger partial charge is 0.160 e. The molecule has 3 aromatic carbocycles. The van der Waals surface area contributed by atoms with E-state index in [0.29, 0.717) is 11.3 Å². The standard InChI is InChI=1S/C23H24O3/c1-14-10-18(11-15(2)21(14)25)23(4,17-8-6-5-7-9-17)19-12-16(3)22(26)20(24)13-19/h5-13,24-26H,1-4H3. The maximum absolute atomic E-state index is 10.2. The van der Waals surface area contributed by atoms with Crippen LogP contribution in [0.5, 0.6) is 17.2 Å². The lowest BCUT2D eigenvalue weighted by molar-refractivity contribution is 0.399. The zero-order valence-corrected chi connectivity index (χ0v) is 15.5. The molecule has 26 heavy (non-hydrogen) atoms. The molecular formula is C23H24O3. The fraction of sp³-hybridized carbons (Fsp3) is 0.217. The van der Waals surface area contributed by atoms with E-state index in [4.69, 9.17) is 0 Å². The quantitative estimate of drug-likeness (QED) is 0.457. The van der Waals surface area contributed by atoms with Crippen LogP contribution >= 0.6 is 0 Å². The highest BCUT2D eigenvalue weighted by Gasteiger charge is 2.33. The van der Waals surface area contributed by atoms with Crippen molar-refractivity contribution in [3.8, 4) is 17.2 Å². The average Bonchev–Trinajstić information content (AvgIpc) is 2.63. The van der Waals surface area contributed by atoms with Crippen molar-refractivity contribution in [2.24, 2.45) is 0 Å². The van der Waals surface area contributed by atoms with Gasteiger partial charge in [-0.05, 0) is 67.1 Å². The molecule has 3 heteroatoms. The maximum atomic E-state index is 10.2. The third-order valence-electron chi connectivity index (χ3n) is 5.28. The largest absolute Gasteiger partial charge is 0.507 e. The first kappa shape index (κ1) is 17.9. The van der Waals surface area contributed by atoms with E-state index >= 15 is 0 Å². The van der Waals surface area contributed by atoms with E-state index in [9.17, 15) is 15.3 Å². The van der Waals surface area contributed by atoms with Crippen LogP contribution in [0.3, 0.4) is 0 Å². The highest BCUT2D eigenvalue weighted by atomic mass is 16.3. The Morgan fingerprint density at radius 2 is 1.08 bits per heavy atom. The molecule has 0 aliphatic heterocycles. The summed E-state index contributed by atoms with van der Waals surface area (Å²) in [6.07, 6.45) is 0. The number of hydrogen-bond acceptors (Lipinski definition) is 3. The number of aromatic hydroxyl groups is 3. The molecule has 3 rings (SSSR count). The van der Waals surface area contributed by atoms with Crippen LogP contribution in [-0.4, -0.2) is 15.3 Å². The van der Waals surface area contributed by atoms with E-state index in [2.05, 4.69) is 19.1 Å². The second kappa shape index (κ2) is 6.41. The monoisotopic (exact) mass is 348 g/mol. The van der Waals surface area contributed by atoms with Gasteiger partial charge in [0.1, 0.15) is 5.75 Å². The number of phenolic OH excluding ortho intramolecular Hbond substituents is 3. The third-order valence-corrected chi connectivity index (χ3v) is 5.28. The van der Waals surface area contributed by atoms with Gasteiger partial charge in [0, 0.05) is 5.41 Å². The number of benzene rings is 3. The predicted molar refractivity (Wildman–Crippen MR) is 104 cm³/mol. The molecular weight excluding hydrogens is 324 g/mol. The summed E-state index contributed by atoms with van der Waals surface area (Å²) >= 11 is 0. The number of aryl methyl sites for hydroxylation is 3. The molecule has 0 bridgehead atoms. The molecule has 0 aliphatic rings. The van der Waals surface area contributed by atoms with E-state index in [1.807, 2.05) is 50.2 Å². The van der Waals surface area contributed by atoms with Crippen LogP contribution in [0.4, 0.5) is 0 Å². The molecule has 1 atom stereocenters. The summed E-state index contributed by atoms with van der Waals surface area (Å²) in [5.41, 5.74) is 4.63. The summed E-state index contributed by atoms with van der Waals surface area (Å²) in [5, 5.41) is 30.4. The second-order valence-corrected chi connectivity index (χ2v) is 7.11. The Balaban J connectivity index is 2.35. The Morgan fingerprint density at radius 3 is 1.58 bits per heavy atom. The van der Waals surface area contributed by atoms with Crippen LogP contribution in [0.1, 0.15) is 40.3 Å². The van der Waals surface area contributed by atoms with Crippen LogP contribution in [0.25, 0.3) is 0 Å². The average molecular weight is 348 g/mol. The van der Waals surface area contributed by atoms with Gasteiger partial charge in [0.15, 0.2) is 11.5 Å². The van der Waals surface area contributed by atoms with Gasteiger partial charge < -0.3 is 15.3 Å². The van der Waals surface area contributed by atoms with E-state index in [1.165, 1.54) is 0 Å². The highest BCUT2D eigenvalue weighted by Crippen LogP contribution is 2.44. The van der Waals surface area contributed by atoms with Crippen molar-refractivity contribution in [3.63, 3.8) is 0 Å². The highest BCUT2D eigenvalue weighted by molar-refractivity contribution is 5.58. The minimum absolute atomic E-state index is 0.0952. The van der Waals surface area contributed by atoms with Crippen molar-refractivity contribution < 1.29 is 15.3 Å². The summed E-state index contributed by atoms with van der Waals surface area (Å²) in [6, 6.07) is 17.5. The van der Waals surface area contributed by atoms with Crippen LogP contribution in [-0.2, 0) is 5.41 Å². The van der Waals surface area contributed by atoms with Crippen LogP contribution < -0.4 is 0 Å². The molecule has 3 N–H and O–H groups in total. The Labute approximate surface area is 154 Å². The van der Waals surface area contributed by atoms with Gasteiger partial charge in [-0.25, -0.2) is 0 Å². The first-order chi connectivity index (χ1) is 12.2. The summed E-state index contributed by atoms with van der Waals surface area (Å²) in [5.74, 6) is 0.0745. The molecule has 0 radical (unpaired) electrons. The zero-order chi connectivity index (χ0) is 19.1. The molecule has 0 spiro atoms. The van der Waals surface area contributed by atoms with Crippen molar-refractivity contribution >= 4 is 0 Å². The normalized spacial score (nSPS) is 13.4. The van der Waals surface area contributed by atoms with Gasteiger partial charge in [0.2, 0.25) is 0 Å². The van der Waals surface area contributed by atoms with E-state index < -0.39 is 5.41 Å². The predicted octanol–water partition coefficient (Wildman–Crippen LogP) is 5.08. The third kappa shape index (κ3) is 2.80. The maximum Gasteiger partial charge on any atom is 0.160 e. The van der Waals surface area contributed by atoms with Crippen LogP contribution in [0.15, 0.2) is 54.6 Å². The van der Waals surface area contributed by atoms with Crippen LogP contribution in [0.2, 0.25) is 0 Å². The molecule has 0 fully saturated rings. The molecule has 0 aliphatic carbocycles. The lowest BCUT2D eigenvalue weighted by Gasteiger charge is -2.33. The van der Waals surface area contributed by atoms with Crippen molar-refractivity contribution in [3.05, 3.63) is 88.0 Å². The van der Waals surface area contributed by atoms with Gasteiger partial charge in [0.25, 0.3) is 0 Å². The molecule has 1 unspecified atom stereocenters. The van der Waals surface area contributed by atoms with Gasteiger partial charge in [-0.15, -0.1) is 0 Å². The Hall–Kier alpha value is -2.94.